The van der Waals surface area contributed by atoms with E-state index in [-0.39, 0.29) is 29.1 Å². The molecule has 10 heteroatoms. The number of rotatable bonds is 13. The van der Waals surface area contributed by atoms with Crippen LogP contribution in [0, 0.1) is 10.1 Å². The summed E-state index contributed by atoms with van der Waals surface area (Å²) >= 11 is 0. The summed E-state index contributed by atoms with van der Waals surface area (Å²) < 4.78 is 26.5. The smallest absolute Gasteiger partial charge is 0.345 e. The molecular weight excluding hydrogens is 410 g/mol. The molecule has 1 heterocycles. The number of nitro groups is 1. The Bertz CT molecular complexity index is 759. The van der Waals surface area contributed by atoms with Gasteiger partial charge in [0.15, 0.2) is 11.5 Å². The molecule has 1 aliphatic heterocycles. The molecule has 0 aromatic heterocycles. The fourth-order valence-electron chi connectivity index (χ4n) is 3.10. The van der Waals surface area contributed by atoms with Gasteiger partial charge in [0.2, 0.25) is 0 Å². The molecule has 0 amide bonds. The van der Waals surface area contributed by atoms with Crippen LogP contribution in [0.3, 0.4) is 0 Å². The highest BCUT2D eigenvalue weighted by atomic mass is 16.6. The van der Waals surface area contributed by atoms with Crippen LogP contribution in [0.4, 0.5) is 5.69 Å². The van der Waals surface area contributed by atoms with E-state index < -0.39 is 16.6 Å². The summed E-state index contributed by atoms with van der Waals surface area (Å²) in [5.41, 5.74) is -0.612. The van der Waals surface area contributed by atoms with Crippen LogP contribution in [0.5, 0.6) is 11.5 Å². The topological polar surface area (TPSA) is 123 Å². The van der Waals surface area contributed by atoms with E-state index in [1.165, 1.54) is 12.1 Å². The Kier molecular flexibility index (Phi) is 10.0. The van der Waals surface area contributed by atoms with E-state index in [0.29, 0.717) is 45.7 Å². The van der Waals surface area contributed by atoms with Gasteiger partial charge in [-0.3, -0.25) is 14.9 Å². The minimum atomic E-state index is -0.828. The highest BCUT2D eigenvalue weighted by molar-refractivity contribution is 5.95. The summed E-state index contributed by atoms with van der Waals surface area (Å²) in [7, 11) is 1.16. The van der Waals surface area contributed by atoms with Gasteiger partial charge in [0, 0.05) is 18.9 Å². The highest BCUT2D eigenvalue weighted by Crippen LogP contribution is 2.36. The number of hydrogen-bond donors (Lipinski definition) is 0. The first-order valence-electron chi connectivity index (χ1n) is 10.4. The lowest BCUT2D eigenvalue weighted by Gasteiger charge is -2.17. The molecule has 0 aliphatic carbocycles. The van der Waals surface area contributed by atoms with E-state index in [4.69, 9.17) is 18.9 Å². The van der Waals surface area contributed by atoms with Crippen molar-refractivity contribution in [2.24, 2.45) is 0 Å². The number of carbonyl (C=O) groups excluding carboxylic acids is 2. The van der Waals surface area contributed by atoms with E-state index in [1.54, 1.807) is 6.92 Å². The third kappa shape index (κ3) is 7.71. The summed E-state index contributed by atoms with van der Waals surface area (Å²) in [5.74, 6) is -0.592. The lowest BCUT2D eigenvalue weighted by Crippen LogP contribution is -2.17. The number of methoxy groups -OCH3 is 1. The largest absolute Gasteiger partial charge is 0.490 e. The molecule has 31 heavy (non-hydrogen) atoms. The number of carbonyl (C=O) groups is 2. The van der Waals surface area contributed by atoms with Gasteiger partial charge in [-0.2, -0.15) is 0 Å². The van der Waals surface area contributed by atoms with E-state index in [0.717, 1.165) is 26.4 Å². The maximum atomic E-state index is 12.0. The monoisotopic (exact) mass is 439 g/mol. The van der Waals surface area contributed by atoms with Gasteiger partial charge in [-0.15, -0.1) is 0 Å². The molecule has 1 aliphatic rings. The van der Waals surface area contributed by atoms with Gasteiger partial charge in [-0.1, -0.05) is 12.8 Å². The molecule has 10 nitrogen and oxygen atoms in total. The Hall–Kier alpha value is -2.88. The number of benzene rings is 1. The van der Waals surface area contributed by atoms with Crippen LogP contribution in [0.15, 0.2) is 12.1 Å². The molecule has 1 fully saturated rings. The second-order valence-electron chi connectivity index (χ2n) is 6.99. The predicted molar refractivity (Wildman–Crippen MR) is 110 cm³/mol. The zero-order valence-electron chi connectivity index (χ0n) is 17.9. The van der Waals surface area contributed by atoms with Gasteiger partial charge in [-0.25, -0.2) is 4.79 Å². The summed E-state index contributed by atoms with van der Waals surface area (Å²) in [4.78, 5) is 34.1. The van der Waals surface area contributed by atoms with Crippen LogP contribution in [0.1, 0.15) is 55.8 Å². The molecule has 172 valence electrons. The van der Waals surface area contributed by atoms with Crippen LogP contribution in [0.2, 0.25) is 0 Å². The van der Waals surface area contributed by atoms with Gasteiger partial charge in [0.1, 0.15) is 11.7 Å². The maximum Gasteiger partial charge on any atom is 0.345 e. The van der Waals surface area contributed by atoms with Crippen LogP contribution in [0.25, 0.3) is 0 Å². The minimum Gasteiger partial charge on any atom is -0.490 e. The van der Waals surface area contributed by atoms with Crippen LogP contribution < -0.4 is 9.47 Å². The molecule has 0 bridgehead atoms. The van der Waals surface area contributed by atoms with Gasteiger partial charge < -0.3 is 23.7 Å². The molecular formula is C21H29NO9. The third-order valence-electron chi connectivity index (χ3n) is 4.68. The first-order chi connectivity index (χ1) is 15.0. The second kappa shape index (κ2) is 12.7. The molecule has 0 N–H and O–H groups in total. The summed E-state index contributed by atoms with van der Waals surface area (Å²) in [6.45, 7) is 3.42. The fraction of sp³-hybridized carbons (Fsp3) is 0.619. The molecule has 1 aromatic rings. The average molecular weight is 439 g/mol. The van der Waals surface area contributed by atoms with Crippen molar-refractivity contribution >= 4 is 17.6 Å². The number of unbranched alkanes of at least 4 members (excludes halogenated alkanes) is 3. The van der Waals surface area contributed by atoms with Gasteiger partial charge in [-0.05, 0) is 19.8 Å². The van der Waals surface area contributed by atoms with Crippen molar-refractivity contribution in [3.8, 4) is 11.5 Å². The average Bonchev–Trinajstić information content (AvgIpc) is 3.26. The summed E-state index contributed by atoms with van der Waals surface area (Å²) in [5, 5.41) is 11.4. The van der Waals surface area contributed by atoms with E-state index in [1.807, 2.05) is 0 Å². The van der Waals surface area contributed by atoms with Crippen LogP contribution in [-0.4, -0.2) is 56.5 Å². The van der Waals surface area contributed by atoms with Crippen molar-refractivity contribution in [1.29, 1.82) is 0 Å². The van der Waals surface area contributed by atoms with Crippen molar-refractivity contribution in [1.82, 2.24) is 0 Å². The molecule has 1 atom stereocenters. The van der Waals surface area contributed by atoms with Crippen molar-refractivity contribution in [2.45, 2.75) is 51.6 Å². The van der Waals surface area contributed by atoms with Crippen LogP contribution in [-0.2, 0) is 19.0 Å². The Morgan fingerprint density at radius 2 is 1.97 bits per heavy atom. The molecule has 0 radical (unpaired) electrons. The van der Waals surface area contributed by atoms with Gasteiger partial charge in [0.05, 0.1) is 44.5 Å². The molecule has 0 spiro atoms. The minimum absolute atomic E-state index is 0.192. The number of hydrogen-bond acceptors (Lipinski definition) is 9. The van der Waals surface area contributed by atoms with Crippen molar-refractivity contribution < 1.29 is 38.2 Å². The van der Waals surface area contributed by atoms with E-state index >= 15 is 0 Å². The quantitative estimate of drug-likeness (QED) is 0.197. The molecule has 1 aromatic carbocycles. The molecule has 1 unspecified atom stereocenters. The molecule has 1 saturated heterocycles. The summed E-state index contributed by atoms with van der Waals surface area (Å²) in [6, 6.07) is 2.48. The van der Waals surface area contributed by atoms with Crippen molar-refractivity contribution in [3.63, 3.8) is 0 Å². The lowest BCUT2D eigenvalue weighted by molar-refractivity contribution is -0.385. The fourth-order valence-corrected chi connectivity index (χ4v) is 3.10. The normalized spacial score (nSPS) is 15.4. The number of nitro benzene ring substituents is 1. The number of esters is 2. The molecule has 2 rings (SSSR count). The Balaban J connectivity index is 2.00. The van der Waals surface area contributed by atoms with Crippen LogP contribution >= 0.6 is 0 Å². The number of nitrogens with zero attached hydrogens (tertiary/aromatic N) is 1. The third-order valence-corrected chi connectivity index (χ3v) is 4.68. The van der Waals surface area contributed by atoms with Gasteiger partial charge >= 0.3 is 11.9 Å². The molecule has 0 saturated carbocycles. The van der Waals surface area contributed by atoms with Gasteiger partial charge in [0.25, 0.3) is 5.69 Å². The van der Waals surface area contributed by atoms with E-state index in [9.17, 15) is 19.7 Å². The zero-order chi connectivity index (χ0) is 22.6. The Labute approximate surface area is 180 Å². The first-order valence-corrected chi connectivity index (χ1v) is 10.4. The first kappa shape index (κ1) is 24.4. The Morgan fingerprint density at radius 3 is 2.61 bits per heavy atom. The number of ether oxygens (including phenoxy) is 5. The lowest BCUT2D eigenvalue weighted by atomic mass is 10.1. The standard InChI is InChI=1S/C21H29NO9/c1-3-29-20(23)8-6-4-5-7-10-30-18-12-16(21(24)27-2)17(22(25)26)13-19(18)31-15-9-11-28-14-15/h12-13,15H,3-11,14H2,1-2H3. The van der Waals surface area contributed by atoms with Crippen molar-refractivity contribution in [2.75, 3.05) is 33.5 Å². The van der Waals surface area contributed by atoms with Crippen molar-refractivity contribution in [3.05, 3.63) is 27.8 Å². The summed E-state index contributed by atoms with van der Waals surface area (Å²) in [6.07, 6.45) is 3.93. The zero-order valence-corrected chi connectivity index (χ0v) is 17.9. The Morgan fingerprint density at radius 1 is 1.19 bits per heavy atom. The maximum absolute atomic E-state index is 12.0. The SMILES string of the molecule is CCOC(=O)CCCCCCOc1cc(C(=O)OC)c([N+](=O)[O-])cc1OC1CCOC1. The predicted octanol–water partition coefficient (Wildman–Crippen LogP) is 3.44. The van der Waals surface area contributed by atoms with E-state index in [2.05, 4.69) is 4.74 Å². The highest BCUT2D eigenvalue weighted by Gasteiger charge is 2.27. The second-order valence-corrected chi connectivity index (χ2v) is 6.99.